The fourth-order valence-electron chi connectivity index (χ4n) is 2.97. The second kappa shape index (κ2) is 9.98. The van der Waals surface area contributed by atoms with Crippen molar-refractivity contribution in [1.29, 1.82) is 0 Å². The molecule has 0 saturated carbocycles. The lowest BCUT2D eigenvalue weighted by atomic mass is 9.98. The zero-order valence-electron chi connectivity index (χ0n) is 20.2. The van der Waals surface area contributed by atoms with Crippen molar-refractivity contribution in [2.45, 2.75) is 48.3 Å². The number of aromatic nitrogens is 4. The van der Waals surface area contributed by atoms with Gasteiger partial charge >= 0.3 is 11.7 Å². The molecule has 1 aromatic carbocycles. The number of nitrogens with zero attached hydrogens (tertiary/aromatic N) is 5. The molecule has 2 heterocycles. The molecule has 0 amide bonds. The summed E-state index contributed by atoms with van der Waals surface area (Å²) < 4.78 is 12.5. The number of aryl methyl sites for hydroxylation is 1. The van der Waals surface area contributed by atoms with Crippen molar-refractivity contribution in [3.63, 3.8) is 0 Å². The maximum absolute atomic E-state index is 12.3. The summed E-state index contributed by atoms with van der Waals surface area (Å²) >= 11 is 0. The lowest BCUT2D eigenvalue weighted by Crippen LogP contribution is -2.24. The van der Waals surface area contributed by atoms with Crippen LogP contribution in [0.1, 0.15) is 40.3 Å². The van der Waals surface area contributed by atoms with Crippen LogP contribution in [0, 0.1) is 28.4 Å². The van der Waals surface area contributed by atoms with Crippen LogP contribution in [-0.4, -0.2) is 37.2 Å². The molecule has 3 aromatic rings. The van der Waals surface area contributed by atoms with Crippen LogP contribution in [0.4, 0.5) is 5.69 Å². The van der Waals surface area contributed by atoms with Gasteiger partial charge in [-0.25, -0.2) is 9.67 Å². The number of ether oxygens (including phenoxy) is 2. The molecule has 2 aromatic heterocycles. The summed E-state index contributed by atoms with van der Waals surface area (Å²) in [6.07, 6.45) is 1.65. The number of carbonyl (C=O) groups excluding carboxylic acids is 1. The third kappa shape index (κ3) is 5.94. The lowest BCUT2D eigenvalue weighted by Gasteiger charge is -2.16. The van der Waals surface area contributed by atoms with E-state index in [0.29, 0.717) is 18.0 Å². The Bertz CT molecular complexity index is 1200. The van der Waals surface area contributed by atoms with Crippen LogP contribution in [0.3, 0.4) is 0 Å². The second-order valence-electron chi connectivity index (χ2n) is 9.40. The van der Waals surface area contributed by atoms with E-state index in [1.54, 1.807) is 45.2 Å². The zero-order valence-corrected chi connectivity index (χ0v) is 20.2. The van der Waals surface area contributed by atoms with Crippen molar-refractivity contribution in [1.82, 2.24) is 19.7 Å². The van der Waals surface area contributed by atoms with Crippen molar-refractivity contribution in [3.05, 3.63) is 52.3 Å². The van der Waals surface area contributed by atoms with Gasteiger partial charge in [0.1, 0.15) is 0 Å². The summed E-state index contributed by atoms with van der Waals surface area (Å²) in [4.78, 5) is 32.3. The largest absolute Gasteiger partial charge is 0.487 e. The maximum atomic E-state index is 12.3. The Morgan fingerprint density at radius 1 is 1.18 bits per heavy atom. The number of hydrogen-bond acceptors (Lipinski definition) is 8. The third-order valence-electron chi connectivity index (χ3n) is 4.74. The minimum Gasteiger partial charge on any atom is -0.487 e. The Labute approximate surface area is 198 Å². The highest BCUT2D eigenvalue weighted by Gasteiger charge is 2.25. The molecule has 0 aliphatic heterocycles. The summed E-state index contributed by atoms with van der Waals surface area (Å²) in [6, 6.07) is 8.21. The first-order valence-electron chi connectivity index (χ1n) is 10.9. The van der Waals surface area contributed by atoms with E-state index in [0.717, 1.165) is 11.3 Å². The topological polar surface area (TPSA) is 122 Å². The van der Waals surface area contributed by atoms with Gasteiger partial charge in [0.15, 0.2) is 24.1 Å². The van der Waals surface area contributed by atoms with Crippen LogP contribution < -0.4 is 4.74 Å². The Hall–Kier alpha value is -3.82. The Morgan fingerprint density at radius 2 is 1.91 bits per heavy atom. The molecule has 0 aliphatic carbocycles. The number of esters is 1. The Morgan fingerprint density at radius 3 is 2.53 bits per heavy atom. The van der Waals surface area contributed by atoms with Gasteiger partial charge in [0, 0.05) is 29.1 Å². The molecule has 0 atom stereocenters. The standard InChI is InChI=1S/C24H29N5O5/c1-15(2)13-33-20-8-7-17(12-19(20)29(31)32)21-26-22(18-9-10-25-16(3)11-18)28(27-21)14-34-23(30)24(4,5)6/h7-12,15H,13-14H2,1-6H3. The summed E-state index contributed by atoms with van der Waals surface area (Å²) in [5, 5.41) is 16.2. The highest BCUT2D eigenvalue weighted by atomic mass is 16.6. The molecule has 0 radical (unpaired) electrons. The average molecular weight is 468 g/mol. The van der Waals surface area contributed by atoms with E-state index >= 15 is 0 Å². The van der Waals surface area contributed by atoms with Crippen molar-refractivity contribution in [2.24, 2.45) is 11.3 Å². The van der Waals surface area contributed by atoms with Gasteiger partial charge in [0.05, 0.1) is 16.9 Å². The fraction of sp³-hybridized carbons (Fsp3) is 0.417. The number of nitro benzene ring substituents is 1. The van der Waals surface area contributed by atoms with Crippen LogP contribution in [0.25, 0.3) is 22.8 Å². The molecule has 10 heteroatoms. The van der Waals surface area contributed by atoms with E-state index in [4.69, 9.17) is 9.47 Å². The summed E-state index contributed by atoms with van der Waals surface area (Å²) in [5.74, 6) is 0.730. The molecule has 0 saturated heterocycles. The number of benzene rings is 1. The third-order valence-corrected chi connectivity index (χ3v) is 4.74. The second-order valence-corrected chi connectivity index (χ2v) is 9.40. The molecule has 0 N–H and O–H groups in total. The molecule has 10 nitrogen and oxygen atoms in total. The first kappa shape index (κ1) is 24.8. The highest BCUT2D eigenvalue weighted by molar-refractivity contribution is 5.75. The minimum atomic E-state index is -0.677. The van der Waals surface area contributed by atoms with Crippen LogP contribution >= 0.6 is 0 Å². The van der Waals surface area contributed by atoms with Gasteiger partial charge in [-0.15, -0.1) is 5.10 Å². The molecular weight excluding hydrogens is 438 g/mol. The molecule has 0 fully saturated rings. The summed E-state index contributed by atoms with van der Waals surface area (Å²) in [5.41, 5.74) is 1.10. The molecule has 0 bridgehead atoms. The number of pyridine rings is 1. The first-order chi connectivity index (χ1) is 16.0. The van der Waals surface area contributed by atoms with E-state index in [1.807, 2.05) is 26.8 Å². The van der Waals surface area contributed by atoms with Crippen molar-refractivity contribution in [3.8, 4) is 28.5 Å². The Balaban J connectivity index is 2.02. The van der Waals surface area contributed by atoms with E-state index in [9.17, 15) is 14.9 Å². The van der Waals surface area contributed by atoms with Gasteiger partial charge in [0.2, 0.25) is 0 Å². The van der Waals surface area contributed by atoms with E-state index < -0.39 is 10.3 Å². The first-order valence-corrected chi connectivity index (χ1v) is 10.9. The van der Waals surface area contributed by atoms with Crippen molar-refractivity contribution < 1.29 is 19.2 Å². The van der Waals surface area contributed by atoms with Crippen molar-refractivity contribution in [2.75, 3.05) is 6.61 Å². The lowest BCUT2D eigenvalue weighted by molar-refractivity contribution is -0.385. The van der Waals surface area contributed by atoms with Gasteiger partial charge in [-0.2, -0.15) is 0 Å². The molecule has 180 valence electrons. The Kier molecular flexibility index (Phi) is 7.29. The normalized spacial score (nSPS) is 11.5. The van der Waals surface area contributed by atoms with Crippen molar-refractivity contribution >= 4 is 11.7 Å². The fourth-order valence-corrected chi connectivity index (χ4v) is 2.97. The summed E-state index contributed by atoms with van der Waals surface area (Å²) in [7, 11) is 0. The van der Waals surface area contributed by atoms with Crippen LogP contribution in [-0.2, 0) is 16.3 Å². The minimum absolute atomic E-state index is 0.155. The zero-order chi connectivity index (χ0) is 25.0. The molecule has 34 heavy (non-hydrogen) atoms. The van der Waals surface area contributed by atoms with Gasteiger partial charge in [-0.1, -0.05) is 13.8 Å². The number of nitro groups is 1. The predicted molar refractivity (Wildman–Crippen MR) is 126 cm³/mol. The number of hydrogen-bond donors (Lipinski definition) is 0. The molecule has 0 unspecified atom stereocenters. The smallest absolute Gasteiger partial charge is 0.313 e. The molecule has 0 spiro atoms. The van der Waals surface area contributed by atoms with Gasteiger partial charge < -0.3 is 9.47 Å². The SMILES string of the molecule is Cc1cc(-c2nc(-c3ccc(OCC(C)C)c([N+](=O)[O-])c3)nn2COC(=O)C(C)(C)C)ccn1. The number of rotatable bonds is 8. The van der Waals surface area contributed by atoms with Gasteiger partial charge in [0.25, 0.3) is 0 Å². The predicted octanol–water partition coefficient (Wildman–Crippen LogP) is 4.81. The van der Waals surface area contributed by atoms with Crippen LogP contribution in [0.15, 0.2) is 36.5 Å². The van der Waals surface area contributed by atoms with Crippen LogP contribution in [0.5, 0.6) is 5.75 Å². The van der Waals surface area contributed by atoms with Crippen LogP contribution in [0.2, 0.25) is 0 Å². The van der Waals surface area contributed by atoms with E-state index in [2.05, 4.69) is 15.1 Å². The summed E-state index contributed by atoms with van der Waals surface area (Å²) in [6.45, 7) is 11.3. The maximum Gasteiger partial charge on any atom is 0.313 e. The van der Waals surface area contributed by atoms with E-state index in [-0.39, 0.29) is 35.9 Å². The van der Waals surface area contributed by atoms with Gasteiger partial charge in [-0.05, 0) is 57.9 Å². The quantitative estimate of drug-likeness (QED) is 0.263. The molecule has 0 aliphatic rings. The average Bonchev–Trinajstić information content (AvgIpc) is 3.19. The molecular formula is C24H29N5O5. The highest BCUT2D eigenvalue weighted by Crippen LogP contribution is 2.32. The molecule has 3 rings (SSSR count). The monoisotopic (exact) mass is 467 g/mol. The van der Waals surface area contributed by atoms with E-state index in [1.165, 1.54) is 10.7 Å². The number of carbonyl (C=O) groups is 1. The van der Waals surface area contributed by atoms with Gasteiger partial charge in [-0.3, -0.25) is 19.9 Å².